The van der Waals surface area contributed by atoms with Crippen molar-refractivity contribution in [2.75, 3.05) is 4.72 Å². The second-order valence-corrected chi connectivity index (χ2v) is 6.33. The Hall–Kier alpha value is -1.82. The van der Waals surface area contributed by atoms with E-state index in [9.17, 15) is 8.42 Å². The molecule has 0 saturated heterocycles. The lowest BCUT2D eigenvalue weighted by atomic mass is 10.2. The third kappa shape index (κ3) is 2.63. The van der Waals surface area contributed by atoms with E-state index in [1.54, 1.807) is 32.9 Å². The molecule has 0 fully saturated rings. The SMILES string of the molecule is Cc1ccc(S(=O)(=O)Nc2c(C)n[nH]c2C)c(C)c1. The topological polar surface area (TPSA) is 74.8 Å². The summed E-state index contributed by atoms with van der Waals surface area (Å²) >= 11 is 0. The molecule has 5 nitrogen and oxygen atoms in total. The lowest BCUT2D eigenvalue weighted by molar-refractivity contribution is 0.600. The van der Waals surface area contributed by atoms with Crippen LogP contribution in [-0.4, -0.2) is 18.6 Å². The van der Waals surface area contributed by atoms with E-state index in [2.05, 4.69) is 14.9 Å². The summed E-state index contributed by atoms with van der Waals surface area (Å²) in [7, 11) is -3.59. The molecule has 0 saturated carbocycles. The zero-order chi connectivity index (χ0) is 14.2. The molecule has 2 N–H and O–H groups in total. The minimum absolute atomic E-state index is 0.290. The van der Waals surface area contributed by atoms with Crippen molar-refractivity contribution in [3.8, 4) is 0 Å². The van der Waals surface area contributed by atoms with E-state index in [1.165, 1.54) is 0 Å². The van der Waals surface area contributed by atoms with Gasteiger partial charge >= 0.3 is 0 Å². The van der Waals surface area contributed by atoms with Crippen LogP contribution in [0.5, 0.6) is 0 Å². The normalized spacial score (nSPS) is 11.6. The number of nitrogens with one attached hydrogen (secondary N) is 2. The molecular weight excluding hydrogens is 262 g/mol. The van der Waals surface area contributed by atoms with Gasteiger partial charge in [-0.3, -0.25) is 9.82 Å². The Kier molecular flexibility index (Phi) is 3.36. The molecule has 102 valence electrons. The Morgan fingerprint density at radius 1 is 1.16 bits per heavy atom. The average molecular weight is 279 g/mol. The molecule has 2 aromatic rings. The van der Waals surface area contributed by atoms with Crippen LogP contribution >= 0.6 is 0 Å². The first-order chi connectivity index (χ1) is 8.81. The van der Waals surface area contributed by atoms with Crippen LogP contribution in [0.15, 0.2) is 23.1 Å². The number of rotatable bonds is 3. The summed E-state index contributed by atoms with van der Waals surface area (Å²) in [6.07, 6.45) is 0. The van der Waals surface area contributed by atoms with Gasteiger partial charge in [-0.15, -0.1) is 0 Å². The Balaban J connectivity index is 2.44. The molecule has 0 atom stereocenters. The smallest absolute Gasteiger partial charge is 0.262 e. The fourth-order valence-electron chi connectivity index (χ4n) is 1.99. The highest BCUT2D eigenvalue weighted by Crippen LogP contribution is 2.23. The highest BCUT2D eigenvalue weighted by atomic mass is 32.2. The fraction of sp³-hybridized carbons (Fsp3) is 0.308. The van der Waals surface area contributed by atoms with Crippen LogP contribution in [0.3, 0.4) is 0 Å². The average Bonchev–Trinajstić information content (AvgIpc) is 2.60. The Morgan fingerprint density at radius 3 is 2.37 bits per heavy atom. The van der Waals surface area contributed by atoms with E-state index in [-0.39, 0.29) is 4.90 Å². The molecule has 0 amide bonds. The third-order valence-corrected chi connectivity index (χ3v) is 4.49. The Labute approximate surface area is 113 Å². The van der Waals surface area contributed by atoms with Crippen molar-refractivity contribution >= 4 is 15.7 Å². The van der Waals surface area contributed by atoms with Gasteiger partial charge in [-0.25, -0.2) is 8.42 Å². The van der Waals surface area contributed by atoms with Gasteiger partial charge in [-0.05, 0) is 39.3 Å². The molecule has 1 aromatic carbocycles. The monoisotopic (exact) mass is 279 g/mol. The van der Waals surface area contributed by atoms with E-state index >= 15 is 0 Å². The van der Waals surface area contributed by atoms with E-state index in [4.69, 9.17) is 0 Å². The molecule has 2 rings (SSSR count). The van der Waals surface area contributed by atoms with Crippen LogP contribution in [0.25, 0.3) is 0 Å². The van der Waals surface area contributed by atoms with Gasteiger partial charge < -0.3 is 0 Å². The maximum atomic E-state index is 12.4. The first-order valence-corrected chi connectivity index (χ1v) is 7.41. The number of nitrogens with zero attached hydrogens (tertiary/aromatic N) is 1. The molecule has 0 spiro atoms. The maximum Gasteiger partial charge on any atom is 0.262 e. The van der Waals surface area contributed by atoms with E-state index in [1.807, 2.05) is 13.0 Å². The summed E-state index contributed by atoms with van der Waals surface area (Å²) in [5.74, 6) is 0. The number of aromatic nitrogens is 2. The molecule has 0 aliphatic carbocycles. The molecule has 0 bridgehead atoms. The summed E-state index contributed by atoms with van der Waals surface area (Å²) in [4.78, 5) is 0.290. The predicted octanol–water partition coefficient (Wildman–Crippen LogP) is 2.44. The van der Waals surface area contributed by atoms with Crippen molar-refractivity contribution in [2.24, 2.45) is 0 Å². The summed E-state index contributed by atoms with van der Waals surface area (Å²) in [5, 5.41) is 6.74. The number of anilines is 1. The molecule has 0 aliphatic heterocycles. The zero-order valence-electron chi connectivity index (χ0n) is 11.4. The van der Waals surface area contributed by atoms with Gasteiger partial charge in [0.05, 0.1) is 22.0 Å². The van der Waals surface area contributed by atoms with Crippen LogP contribution in [-0.2, 0) is 10.0 Å². The van der Waals surface area contributed by atoms with Gasteiger partial charge in [0, 0.05) is 0 Å². The number of benzene rings is 1. The molecule has 0 aliphatic rings. The zero-order valence-corrected chi connectivity index (χ0v) is 12.2. The summed E-state index contributed by atoms with van der Waals surface area (Å²) in [6.45, 7) is 7.25. The molecule has 0 radical (unpaired) electrons. The molecule has 6 heteroatoms. The first-order valence-electron chi connectivity index (χ1n) is 5.93. The van der Waals surface area contributed by atoms with Crippen LogP contribution in [0, 0.1) is 27.7 Å². The van der Waals surface area contributed by atoms with E-state index in [0.717, 1.165) is 11.1 Å². The van der Waals surface area contributed by atoms with Gasteiger partial charge in [0.1, 0.15) is 0 Å². The van der Waals surface area contributed by atoms with Crippen LogP contribution in [0.2, 0.25) is 0 Å². The van der Waals surface area contributed by atoms with Crippen molar-refractivity contribution in [2.45, 2.75) is 32.6 Å². The fourth-order valence-corrected chi connectivity index (χ4v) is 3.40. The Morgan fingerprint density at radius 2 is 1.84 bits per heavy atom. The number of H-pyrrole nitrogens is 1. The molecular formula is C13H17N3O2S. The van der Waals surface area contributed by atoms with Gasteiger partial charge in [0.25, 0.3) is 10.0 Å². The summed E-state index contributed by atoms with van der Waals surface area (Å²) < 4.78 is 27.4. The van der Waals surface area contributed by atoms with Gasteiger partial charge in [-0.2, -0.15) is 5.10 Å². The minimum atomic E-state index is -3.59. The number of aryl methyl sites for hydroxylation is 4. The lowest BCUT2D eigenvalue weighted by Crippen LogP contribution is -2.15. The number of sulfonamides is 1. The first kappa shape index (κ1) is 13.6. The maximum absolute atomic E-state index is 12.4. The summed E-state index contributed by atoms with van der Waals surface area (Å²) in [6, 6.07) is 5.26. The van der Waals surface area contributed by atoms with Crippen LogP contribution in [0.1, 0.15) is 22.5 Å². The highest BCUT2D eigenvalue weighted by molar-refractivity contribution is 7.92. The van der Waals surface area contributed by atoms with Crippen LogP contribution in [0.4, 0.5) is 5.69 Å². The molecule has 0 unspecified atom stereocenters. The predicted molar refractivity (Wildman–Crippen MR) is 74.8 cm³/mol. The second kappa shape index (κ2) is 4.70. The lowest BCUT2D eigenvalue weighted by Gasteiger charge is -2.11. The molecule has 1 heterocycles. The van der Waals surface area contributed by atoms with Gasteiger partial charge in [0.2, 0.25) is 0 Å². The van der Waals surface area contributed by atoms with Crippen molar-refractivity contribution < 1.29 is 8.42 Å². The van der Waals surface area contributed by atoms with Gasteiger partial charge in [-0.1, -0.05) is 17.7 Å². The van der Waals surface area contributed by atoms with Crippen molar-refractivity contribution in [1.82, 2.24) is 10.2 Å². The van der Waals surface area contributed by atoms with Crippen LogP contribution < -0.4 is 4.72 Å². The van der Waals surface area contributed by atoms with Gasteiger partial charge in [0.15, 0.2) is 0 Å². The van der Waals surface area contributed by atoms with E-state index in [0.29, 0.717) is 17.1 Å². The number of hydrogen-bond donors (Lipinski definition) is 2. The molecule has 19 heavy (non-hydrogen) atoms. The number of aromatic amines is 1. The Bertz CT molecular complexity index is 698. The number of hydrogen-bond acceptors (Lipinski definition) is 3. The second-order valence-electron chi connectivity index (χ2n) is 4.68. The highest BCUT2D eigenvalue weighted by Gasteiger charge is 2.19. The largest absolute Gasteiger partial charge is 0.280 e. The van der Waals surface area contributed by atoms with E-state index < -0.39 is 10.0 Å². The third-order valence-electron chi connectivity index (χ3n) is 2.98. The standard InChI is InChI=1S/C13H17N3O2S/c1-8-5-6-12(9(2)7-8)19(17,18)16-13-10(3)14-15-11(13)4/h5-7,16H,1-4H3,(H,14,15). The quantitative estimate of drug-likeness (QED) is 0.906. The van der Waals surface area contributed by atoms with Crippen molar-refractivity contribution in [1.29, 1.82) is 0 Å². The molecule has 1 aromatic heterocycles. The minimum Gasteiger partial charge on any atom is -0.280 e. The van der Waals surface area contributed by atoms with Crippen molar-refractivity contribution in [3.05, 3.63) is 40.7 Å². The van der Waals surface area contributed by atoms with Crippen molar-refractivity contribution in [3.63, 3.8) is 0 Å². The summed E-state index contributed by atoms with van der Waals surface area (Å²) in [5.41, 5.74) is 3.61.